The van der Waals surface area contributed by atoms with E-state index in [1.807, 2.05) is 0 Å². The van der Waals surface area contributed by atoms with Crippen molar-refractivity contribution in [2.45, 2.75) is 149 Å². The number of carboxylic acid groups (broad SMARTS) is 1. The van der Waals surface area contributed by atoms with Crippen LogP contribution in [0.3, 0.4) is 0 Å². The first kappa shape index (κ1) is 28.9. The Morgan fingerprint density at radius 1 is 0.667 bits per heavy atom. The van der Waals surface area contributed by atoms with Gasteiger partial charge < -0.3 is 9.84 Å². The number of carbonyl (C=O) groups is 2. The van der Waals surface area contributed by atoms with Crippen LogP contribution in [0.5, 0.6) is 0 Å². The van der Waals surface area contributed by atoms with Crippen LogP contribution in [-0.4, -0.2) is 22.6 Å². The molecule has 4 nitrogen and oxygen atoms in total. The highest BCUT2D eigenvalue weighted by molar-refractivity contribution is 5.94. The zero-order chi connectivity index (χ0) is 22.7. The Labute approximate surface area is 186 Å². The van der Waals surface area contributed by atoms with Crippen molar-refractivity contribution in [3.63, 3.8) is 0 Å². The van der Waals surface area contributed by atoms with E-state index >= 15 is 0 Å². The fourth-order valence-electron chi connectivity index (χ4n) is 3.79. The average Bonchev–Trinajstić information content (AvgIpc) is 2.65. The van der Waals surface area contributed by atoms with Gasteiger partial charge in [-0.25, -0.2) is 0 Å². The Morgan fingerprint density at radius 3 is 1.30 bits per heavy atom. The van der Waals surface area contributed by atoms with Crippen molar-refractivity contribution >= 4 is 11.9 Å². The Kier molecular flexibility index (Phi) is 18.0. The van der Waals surface area contributed by atoms with Gasteiger partial charge in [-0.2, -0.15) is 0 Å². The van der Waals surface area contributed by atoms with Gasteiger partial charge in [-0.3, -0.25) is 9.59 Å². The number of hydrogen-bond acceptors (Lipinski definition) is 3. The third-order valence-electron chi connectivity index (χ3n) is 5.59. The van der Waals surface area contributed by atoms with Crippen LogP contribution in [0.1, 0.15) is 143 Å². The lowest BCUT2D eigenvalue weighted by Crippen LogP contribution is -2.32. The molecular formula is C26H50O4. The van der Waals surface area contributed by atoms with Gasteiger partial charge >= 0.3 is 11.9 Å². The molecule has 1 N–H and O–H groups in total. The van der Waals surface area contributed by atoms with Crippen molar-refractivity contribution < 1.29 is 19.4 Å². The Hall–Kier alpha value is -1.06. The zero-order valence-corrected chi connectivity index (χ0v) is 20.5. The predicted molar refractivity (Wildman–Crippen MR) is 126 cm³/mol. The predicted octanol–water partition coefficient (Wildman–Crippen LogP) is 8.07. The molecule has 0 aromatic rings. The van der Waals surface area contributed by atoms with Gasteiger partial charge in [0.15, 0.2) is 5.92 Å². The molecule has 0 aromatic heterocycles. The van der Waals surface area contributed by atoms with Crippen LogP contribution in [-0.2, 0) is 14.3 Å². The standard InChI is InChI=1S/C26H50O4/c1-5-6-7-8-9-10-11-12-13-14-15-16-17-18-19-20-21-22-23(24(27)28)25(29)30-26(2,3)4/h23H,5-22H2,1-4H3,(H,27,28). The van der Waals surface area contributed by atoms with E-state index in [4.69, 9.17) is 4.74 Å². The van der Waals surface area contributed by atoms with E-state index in [0.29, 0.717) is 6.42 Å². The smallest absolute Gasteiger partial charge is 0.320 e. The number of rotatable bonds is 20. The molecule has 0 radical (unpaired) electrons. The summed E-state index contributed by atoms with van der Waals surface area (Å²) in [6.07, 6.45) is 22.4. The lowest BCUT2D eigenvalue weighted by molar-refractivity contribution is -0.167. The normalized spacial score (nSPS) is 12.7. The van der Waals surface area contributed by atoms with Crippen molar-refractivity contribution in [2.24, 2.45) is 5.92 Å². The SMILES string of the molecule is CCCCCCCCCCCCCCCCCCCC(C(=O)O)C(=O)OC(C)(C)C. The van der Waals surface area contributed by atoms with Crippen LogP contribution in [0.2, 0.25) is 0 Å². The number of ether oxygens (including phenoxy) is 1. The highest BCUT2D eigenvalue weighted by Crippen LogP contribution is 2.18. The molecule has 0 saturated heterocycles. The van der Waals surface area contributed by atoms with Gasteiger partial charge in [0, 0.05) is 0 Å². The minimum Gasteiger partial charge on any atom is -0.481 e. The molecule has 4 heteroatoms. The van der Waals surface area contributed by atoms with E-state index in [2.05, 4.69) is 6.92 Å². The number of carbonyl (C=O) groups excluding carboxylic acids is 1. The molecule has 0 aliphatic carbocycles. The fourth-order valence-corrected chi connectivity index (χ4v) is 3.79. The van der Waals surface area contributed by atoms with E-state index in [1.54, 1.807) is 20.8 Å². The molecule has 30 heavy (non-hydrogen) atoms. The summed E-state index contributed by atoms with van der Waals surface area (Å²) in [6.45, 7) is 7.56. The van der Waals surface area contributed by atoms with Gasteiger partial charge in [0.1, 0.15) is 5.60 Å². The number of unbranched alkanes of at least 4 members (excludes halogenated alkanes) is 16. The summed E-state index contributed by atoms with van der Waals surface area (Å²) in [5.74, 6) is -2.70. The van der Waals surface area contributed by atoms with Gasteiger partial charge in [-0.05, 0) is 27.2 Å². The van der Waals surface area contributed by atoms with Crippen LogP contribution in [0.4, 0.5) is 0 Å². The molecule has 0 rings (SSSR count). The molecule has 0 bridgehead atoms. The summed E-state index contributed by atoms with van der Waals surface area (Å²) >= 11 is 0. The van der Waals surface area contributed by atoms with E-state index in [1.165, 1.54) is 89.9 Å². The van der Waals surface area contributed by atoms with Crippen molar-refractivity contribution in [1.29, 1.82) is 0 Å². The van der Waals surface area contributed by atoms with Crippen molar-refractivity contribution in [3.8, 4) is 0 Å². The van der Waals surface area contributed by atoms with Gasteiger partial charge in [0.2, 0.25) is 0 Å². The van der Waals surface area contributed by atoms with Gasteiger partial charge in [0.25, 0.3) is 0 Å². The largest absolute Gasteiger partial charge is 0.481 e. The van der Waals surface area contributed by atoms with Crippen LogP contribution in [0.15, 0.2) is 0 Å². The van der Waals surface area contributed by atoms with E-state index in [0.717, 1.165) is 19.3 Å². The first-order valence-electron chi connectivity index (χ1n) is 12.7. The average molecular weight is 427 g/mol. The summed E-state index contributed by atoms with van der Waals surface area (Å²) < 4.78 is 5.23. The zero-order valence-electron chi connectivity index (χ0n) is 20.5. The molecule has 0 aliphatic rings. The maximum atomic E-state index is 12.0. The number of aliphatic carboxylic acids is 1. The first-order valence-corrected chi connectivity index (χ1v) is 12.7. The maximum Gasteiger partial charge on any atom is 0.320 e. The quantitative estimate of drug-likeness (QED) is 0.121. The summed E-state index contributed by atoms with van der Waals surface area (Å²) in [7, 11) is 0. The lowest BCUT2D eigenvalue weighted by atomic mass is 9.99. The van der Waals surface area contributed by atoms with Gasteiger partial charge in [0.05, 0.1) is 0 Å². The molecule has 0 heterocycles. The third-order valence-corrected chi connectivity index (χ3v) is 5.59. The number of hydrogen-bond donors (Lipinski definition) is 1. The summed E-state index contributed by atoms with van der Waals surface area (Å²) in [5, 5.41) is 9.27. The van der Waals surface area contributed by atoms with Gasteiger partial charge in [-0.15, -0.1) is 0 Å². The van der Waals surface area contributed by atoms with E-state index < -0.39 is 23.5 Å². The van der Waals surface area contributed by atoms with Crippen molar-refractivity contribution in [2.75, 3.05) is 0 Å². The molecule has 178 valence electrons. The second kappa shape index (κ2) is 18.7. The molecule has 1 unspecified atom stereocenters. The Morgan fingerprint density at radius 2 is 1.00 bits per heavy atom. The molecule has 1 atom stereocenters. The van der Waals surface area contributed by atoms with E-state index in [9.17, 15) is 14.7 Å². The number of carboxylic acids is 1. The van der Waals surface area contributed by atoms with Crippen LogP contribution >= 0.6 is 0 Å². The summed E-state index contributed by atoms with van der Waals surface area (Å²) in [6, 6.07) is 0. The van der Waals surface area contributed by atoms with Crippen LogP contribution in [0.25, 0.3) is 0 Å². The Balaban J connectivity index is 3.48. The van der Waals surface area contributed by atoms with Crippen LogP contribution in [0, 0.1) is 5.92 Å². The topological polar surface area (TPSA) is 63.6 Å². The molecule has 0 fully saturated rings. The second-order valence-electron chi connectivity index (χ2n) is 9.87. The molecule has 0 spiro atoms. The minimum absolute atomic E-state index is 0.378. The summed E-state index contributed by atoms with van der Waals surface area (Å²) in [5.41, 5.74) is -0.640. The molecule has 0 amide bonds. The highest BCUT2D eigenvalue weighted by atomic mass is 16.6. The molecule has 0 aliphatic heterocycles. The van der Waals surface area contributed by atoms with E-state index in [-0.39, 0.29) is 0 Å². The Bertz CT molecular complexity index is 425. The van der Waals surface area contributed by atoms with Crippen molar-refractivity contribution in [3.05, 3.63) is 0 Å². The summed E-state index contributed by atoms with van der Waals surface area (Å²) in [4.78, 5) is 23.3. The lowest BCUT2D eigenvalue weighted by Gasteiger charge is -2.22. The monoisotopic (exact) mass is 426 g/mol. The van der Waals surface area contributed by atoms with Gasteiger partial charge in [-0.1, -0.05) is 116 Å². The molecule has 0 saturated carbocycles. The fraction of sp³-hybridized carbons (Fsp3) is 0.923. The molecular weight excluding hydrogens is 376 g/mol. The highest BCUT2D eigenvalue weighted by Gasteiger charge is 2.30. The minimum atomic E-state index is -1.07. The van der Waals surface area contributed by atoms with Crippen LogP contribution < -0.4 is 0 Å². The van der Waals surface area contributed by atoms with Crippen molar-refractivity contribution in [1.82, 2.24) is 0 Å². The maximum absolute atomic E-state index is 12.0. The molecule has 0 aromatic carbocycles. The first-order chi connectivity index (χ1) is 14.3. The third kappa shape index (κ3) is 18.9. The number of esters is 1. The second-order valence-corrected chi connectivity index (χ2v) is 9.87.